The number of piperidine rings is 1. The van der Waals surface area contributed by atoms with Crippen molar-refractivity contribution >= 4 is 5.91 Å². The molecule has 1 aliphatic heterocycles. The van der Waals surface area contributed by atoms with E-state index in [4.69, 9.17) is 0 Å². The van der Waals surface area contributed by atoms with Crippen molar-refractivity contribution in [3.63, 3.8) is 0 Å². The van der Waals surface area contributed by atoms with Gasteiger partial charge < -0.3 is 9.47 Å². The highest BCUT2D eigenvalue weighted by molar-refractivity contribution is 5.96. The number of amides is 1. The smallest absolute Gasteiger partial charge is 0.259 e. The van der Waals surface area contributed by atoms with Crippen LogP contribution in [0.1, 0.15) is 57.8 Å². The van der Waals surface area contributed by atoms with Crippen LogP contribution >= 0.6 is 0 Å². The number of aryl methyl sites for hydroxylation is 2. The van der Waals surface area contributed by atoms with Crippen LogP contribution in [0.4, 0.5) is 0 Å². The summed E-state index contributed by atoms with van der Waals surface area (Å²) in [6, 6.07) is 15.9. The number of rotatable bonds is 5. The predicted molar refractivity (Wildman–Crippen MR) is 125 cm³/mol. The molecule has 2 aliphatic rings. The van der Waals surface area contributed by atoms with Gasteiger partial charge in [0.1, 0.15) is 5.56 Å². The molecule has 164 valence electrons. The van der Waals surface area contributed by atoms with Gasteiger partial charge in [-0.3, -0.25) is 14.6 Å². The molecule has 1 saturated heterocycles. The third-order valence-corrected chi connectivity index (χ3v) is 7.18. The second kappa shape index (κ2) is 8.38. The van der Waals surface area contributed by atoms with E-state index in [-0.39, 0.29) is 17.4 Å². The Labute approximate surface area is 188 Å². The Morgan fingerprint density at radius 2 is 1.91 bits per heavy atom. The Bertz CT molecular complexity index is 1220. The molecule has 1 saturated carbocycles. The summed E-state index contributed by atoms with van der Waals surface area (Å²) in [5.41, 5.74) is 5.00. The summed E-state index contributed by atoms with van der Waals surface area (Å²) < 4.78 is 2.11. The van der Waals surface area contributed by atoms with E-state index < -0.39 is 0 Å². The van der Waals surface area contributed by atoms with Gasteiger partial charge in [-0.2, -0.15) is 0 Å². The van der Waals surface area contributed by atoms with E-state index in [1.165, 1.54) is 6.42 Å². The number of aromatic nitrogens is 2. The molecule has 2 aromatic heterocycles. The zero-order valence-electron chi connectivity index (χ0n) is 18.8. The minimum Gasteiger partial charge on any atom is -0.342 e. The van der Waals surface area contributed by atoms with Crippen molar-refractivity contribution in [3.05, 3.63) is 98.7 Å². The number of likely N-dealkylation sites (tertiary alicyclic amines) is 1. The van der Waals surface area contributed by atoms with E-state index in [1.54, 1.807) is 12.3 Å². The Kier molecular flexibility index (Phi) is 5.41. The molecule has 1 aromatic carbocycles. The molecule has 3 aromatic rings. The minimum absolute atomic E-state index is 0.0967. The lowest BCUT2D eigenvalue weighted by molar-refractivity contribution is 0.0700. The van der Waals surface area contributed by atoms with E-state index in [0.717, 1.165) is 47.6 Å². The Morgan fingerprint density at radius 1 is 1.09 bits per heavy atom. The van der Waals surface area contributed by atoms with Crippen molar-refractivity contribution < 1.29 is 4.79 Å². The fraction of sp³-hybridized carbons (Fsp3) is 0.370. The average Bonchev–Trinajstić information content (AvgIpc) is 3.42. The lowest BCUT2D eigenvalue weighted by Crippen LogP contribution is -2.41. The number of hydrogen-bond acceptors (Lipinski definition) is 3. The molecule has 2 bridgehead atoms. The second-order valence-corrected chi connectivity index (χ2v) is 9.27. The maximum atomic E-state index is 13.8. The number of carbonyl (C=O) groups is 1. The van der Waals surface area contributed by atoms with Gasteiger partial charge in [-0.25, -0.2) is 0 Å². The first-order valence-corrected chi connectivity index (χ1v) is 11.5. The van der Waals surface area contributed by atoms with Crippen LogP contribution in [0, 0.1) is 19.8 Å². The van der Waals surface area contributed by atoms with Gasteiger partial charge in [-0.05, 0) is 62.3 Å². The molecule has 1 aliphatic carbocycles. The SMILES string of the molecule is Cc1ccccc1Cc1c(C(=O)N2C[C@@H]3CC[C@@H]2C3)c(=O)cc(C)n1Cc1ccccn1. The summed E-state index contributed by atoms with van der Waals surface area (Å²) in [5.74, 6) is 0.491. The normalized spacial score (nSPS) is 19.5. The van der Waals surface area contributed by atoms with Crippen LogP contribution in [0.2, 0.25) is 0 Å². The maximum absolute atomic E-state index is 13.8. The van der Waals surface area contributed by atoms with E-state index in [1.807, 2.05) is 42.2 Å². The van der Waals surface area contributed by atoms with Crippen LogP contribution in [-0.4, -0.2) is 32.9 Å². The topological polar surface area (TPSA) is 55.2 Å². The molecule has 1 amide bonds. The summed E-state index contributed by atoms with van der Waals surface area (Å²) in [5, 5.41) is 0. The average molecular weight is 428 g/mol. The van der Waals surface area contributed by atoms with E-state index in [2.05, 4.69) is 28.6 Å². The monoisotopic (exact) mass is 427 g/mol. The van der Waals surface area contributed by atoms with Gasteiger partial charge in [-0.15, -0.1) is 0 Å². The van der Waals surface area contributed by atoms with Crippen molar-refractivity contribution in [3.8, 4) is 0 Å². The predicted octanol–water partition coefficient (Wildman–Crippen LogP) is 4.12. The Hall–Kier alpha value is -3.21. The van der Waals surface area contributed by atoms with Gasteiger partial charge in [0.05, 0.1) is 12.2 Å². The van der Waals surface area contributed by atoms with Gasteiger partial charge in [0.2, 0.25) is 0 Å². The molecule has 0 unspecified atom stereocenters. The first-order chi connectivity index (χ1) is 15.5. The van der Waals surface area contributed by atoms with Gasteiger partial charge in [0, 0.05) is 42.7 Å². The molecule has 0 spiro atoms. The third kappa shape index (κ3) is 3.77. The number of benzene rings is 1. The molecular weight excluding hydrogens is 398 g/mol. The number of pyridine rings is 2. The highest BCUT2D eigenvalue weighted by Crippen LogP contribution is 2.38. The van der Waals surface area contributed by atoms with Crippen molar-refractivity contribution in [2.75, 3.05) is 6.54 Å². The molecule has 0 radical (unpaired) electrons. The molecule has 2 fully saturated rings. The maximum Gasteiger partial charge on any atom is 0.259 e. The van der Waals surface area contributed by atoms with Gasteiger partial charge >= 0.3 is 0 Å². The second-order valence-electron chi connectivity index (χ2n) is 9.27. The number of nitrogens with zero attached hydrogens (tertiary/aromatic N) is 3. The standard InChI is InChI=1S/C27H29N3O2/c1-18-7-3-4-8-21(18)15-24-26(27(32)30-16-20-10-11-23(30)14-20)25(31)13-19(2)29(24)17-22-9-5-6-12-28-22/h3-9,12-13,20,23H,10-11,14-17H2,1-2H3/t20-,23-/m1/s1. The van der Waals surface area contributed by atoms with Crippen LogP contribution in [0.5, 0.6) is 0 Å². The molecular formula is C27H29N3O2. The van der Waals surface area contributed by atoms with Crippen LogP contribution in [-0.2, 0) is 13.0 Å². The fourth-order valence-corrected chi connectivity index (χ4v) is 5.42. The summed E-state index contributed by atoms with van der Waals surface area (Å²) in [4.78, 5) is 33.5. The minimum atomic E-state index is -0.170. The Balaban J connectivity index is 1.64. The molecule has 2 atom stereocenters. The van der Waals surface area contributed by atoms with Crippen LogP contribution in [0.3, 0.4) is 0 Å². The number of hydrogen-bond donors (Lipinski definition) is 0. The molecule has 5 rings (SSSR count). The van der Waals surface area contributed by atoms with Crippen molar-refractivity contribution in [2.45, 2.75) is 52.1 Å². The van der Waals surface area contributed by atoms with Gasteiger partial charge in [0.25, 0.3) is 5.91 Å². The zero-order valence-corrected chi connectivity index (χ0v) is 18.8. The molecule has 5 heteroatoms. The van der Waals surface area contributed by atoms with Gasteiger partial charge in [0.15, 0.2) is 5.43 Å². The zero-order chi connectivity index (χ0) is 22.2. The Morgan fingerprint density at radius 3 is 2.59 bits per heavy atom. The fourth-order valence-electron chi connectivity index (χ4n) is 5.42. The van der Waals surface area contributed by atoms with E-state index in [0.29, 0.717) is 24.4 Å². The lowest BCUT2D eigenvalue weighted by atomic mass is 9.98. The first kappa shape index (κ1) is 20.7. The van der Waals surface area contributed by atoms with Crippen LogP contribution < -0.4 is 5.43 Å². The van der Waals surface area contributed by atoms with Gasteiger partial charge in [-0.1, -0.05) is 30.3 Å². The van der Waals surface area contributed by atoms with Crippen molar-refractivity contribution in [1.82, 2.24) is 14.5 Å². The summed E-state index contributed by atoms with van der Waals surface area (Å²) >= 11 is 0. The first-order valence-electron chi connectivity index (χ1n) is 11.5. The molecule has 32 heavy (non-hydrogen) atoms. The number of carbonyl (C=O) groups excluding carboxylic acids is 1. The number of fused-ring (bicyclic) bond motifs is 2. The highest BCUT2D eigenvalue weighted by Gasteiger charge is 2.41. The summed E-state index contributed by atoms with van der Waals surface area (Å²) in [6.07, 6.45) is 5.65. The lowest BCUT2D eigenvalue weighted by Gasteiger charge is -2.29. The molecule has 0 N–H and O–H groups in total. The van der Waals surface area contributed by atoms with Crippen molar-refractivity contribution in [2.24, 2.45) is 5.92 Å². The quantitative estimate of drug-likeness (QED) is 0.615. The summed E-state index contributed by atoms with van der Waals surface area (Å²) in [6.45, 7) is 5.33. The van der Waals surface area contributed by atoms with E-state index in [9.17, 15) is 9.59 Å². The third-order valence-electron chi connectivity index (χ3n) is 7.18. The highest BCUT2D eigenvalue weighted by atomic mass is 16.2. The van der Waals surface area contributed by atoms with E-state index >= 15 is 0 Å². The largest absolute Gasteiger partial charge is 0.342 e. The van der Waals surface area contributed by atoms with Crippen LogP contribution in [0.25, 0.3) is 0 Å². The van der Waals surface area contributed by atoms with Crippen molar-refractivity contribution in [1.29, 1.82) is 0 Å². The summed E-state index contributed by atoms with van der Waals surface area (Å²) in [7, 11) is 0. The molecule has 3 heterocycles. The molecule has 5 nitrogen and oxygen atoms in total. The van der Waals surface area contributed by atoms with Crippen LogP contribution in [0.15, 0.2) is 59.5 Å².